The van der Waals surface area contributed by atoms with Gasteiger partial charge in [0.1, 0.15) is 5.82 Å². The molecule has 0 spiro atoms. The molecule has 0 saturated carbocycles. The lowest BCUT2D eigenvalue weighted by Crippen LogP contribution is -2.26. The third-order valence-corrected chi connectivity index (χ3v) is 4.20. The summed E-state index contributed by atoms with van der Waals surface area (Å²) in [7, 11) is 5.45. The first-order valence-corrected chi connectivity index (χ1v) is 8.03. The Bertz CT molecular complexity index is 994. The van der Waals surface area contributed by atoms with E-state index < -0.39 is 4.92 Å². The van der Waals surface area contributed by atoms with Gasteiger partial charge in [-0.05, 0) is 18.2 Å². The molecule has 0 bridgehead atoms. The number of nitro benzene ring substituents is 1. The molecule has 0 saturated heterocycles. The topological polar surface area (TPSA) is 93.3 Å². The number of nitrogens with zero attached hydrogens (tertiary/aromatic N) is 4. The van der Waals surface area contributed by atoms with E-state index in [2.05, 4.69) is 10.3 Å². The van der Waals surface area contributed by atoms with Crippen LogP contribution in [-0.2, 0) is 13.6 Å². The van der Waals surface area contributed by atoms with E-state index in [4.69, 9.17) is 0 Å². The van der Waals surface area contributed by atoms with E-state index in [1.807, 2.05) is 35.9 Å². The van der Waals surface area contributed by atoms with Gasteiger partial charge in [-0.3, -0.25) is 14.9 Å². The first-order chi connectivity index (χ1) is 12.4. The molecule has 1 amide bonds. The van der Waals surface area contributed by atoms with Crippen LogP contribution in [0.3, 0.4) is 0 Å². The molecule has 3 aromatic rings. The molecule has 0 aliphatic carbocycles. The third kappa shape index (κ3) is 3.21. The van der Waals surface area contributed by atoms with Crippen molar-refractivity contribution >= 4 is 28.3 Å². The quantitative estimate of drug-likeness (QED) is 0.562. The maximum Gasteiger partial charge on any atom is 0.270 e. The SMILES string of the molecule is CN(C)c1ccc([N+](=O)[O-])cc1C(=O)NCc1nc2ccccc2n1C. The van der Waals surface area contributed by atoms with E-state index in [9.17, 15) is 14.9 Å². The maximum absolute atomic E-state index is 12.6. The van der Waals surface area contributed by atoms with Crippen LogP contribution in [0.15, 0.2) is 42.5 Å². The zero-order chi connectivity index (χ0) is 18.8. The normalized spacial score (nSPS) is 10.7. The summed E-state index contributed by atoms with van der Waals surface area (Å²) >= 11 is 0. The van der Waals surface area contributed by atoms with Crippen LogP contribution in [0.1, 0.15) is 16.2 Å². The van der Waals surface area contributed by atoms with E-state index in [-0.39, 0.29) is 23.7 Å². The van der Waals surface area contributed by atoms with Crippen molar-refractivity contribution in [3.8, 4) is 0 Å². The van der Waals surface area contributed by atoms with Crippen molar-refractivity contribution < 1.29 is 9.72 Å². The molecule has 0 aliphatic heterocycles. The fourth-order valence-electron chi connectivity index (χ4n) is 2.82. The Morgan fingerprint density at radius 3 is 2.65 bits per heavy atom. The van der Waals surface area contributed by atoms with Gasteiger partial charge in [0.25, 0.3) is 11.6 Å². The summed E-state index contributed by atoms with van der Waals surface area (Å²) < 4.78 is 1.91. The fourth-order valence-corrected chi connectivity index (χ4v) is 2.82. The Balaban J connectivity index is 1.86. The van der Waals surface area contributed by atoms with Gasteiger partial charge >= 0.3 is 0 Å². The number of hydrogen-bond acceptors (Lipinski definition) is 5. The molecule has 8 nitrogen and oxygen atoms in total. The Morgan fingerprint density at radius 1 is 1.27 bits per heavy atom. The molecule has 1 N–H and O–H groups in total. The van der Waals surface area contributed by atoms with Crippen LogP contribution in [-0.4, -0.2) is 34.5 Å². The minimum atomic E-state index is -0.512. The zero-order valence-electron chi connectivity index (χ0n) is 14.8. The summed E-state index contributed by atoms with van der Waals surface area (Å²) in [5.74, 6) is 0.320. The number of benzene rings is 2. The monoisotopic (exact) mass is 353 g/mol. The third-order valence-electron chi connectivity index (χ3n) is 4.20. The standard InChI is InChI=1S/C18H19N5O3/c1-21(2)15-9-8-12(23(25)26)10-13(15)18(24)19-11-17-20-14-6-4-5-7-16(14)22(17)3/h4-10H,11H2,1-3H3,(H,19,24). The molecule has 3 rings (SSSR count). The van der Waals surface area contributed by atoms with Crippen molar-refractivity contribution in [2.24, 2.45) is 7.05 Å². The average molecular weight is 353 g/mol. The lowest BCUT2D eigenvalue weighted by atomic mass is 10.1. The summed E-state index contributed by atoms with van der Waals surface area (Å²) in [5.41, 5.74) is 2.56. The van der Waals surface area contributed by atoms with Crippen LogP contribution in [0.2, 0.25) is 0 Å². The highest BCUT2D eigenvalue weighted by atomic mass is 16.6. The largest absolute Gasteiger partial charge is 0.377 e. The second-order valence-electron chi connectivity index (χ2n) is 6.11. The van der Waals surface area contributed by atoms with Crippen molar-refractivity contribution in [3.63, 3.8) is 0 Å². The van der Waals surface area contributed by atoms with Crippen molar-refractivity contribution in [2.75, 3.05) is 19.0 Å². The summed E-state index contributed by atoms with van der Waals surface area (Å²) in [5, 5.41) is 13.8. The van der Waals surface area contributed by atoms with Crippen molar-refractivity contribution in [1.29, 1.82) is 0 Å². The number of fused-ring (bicyclic) bond motifs is 1. The Morgan fingerprint density at radius 2 is 2.00 bits per heavy atom. The number of aryl methyl sites for hydroxylation is 1. The lowest BCUT2D eigenvalue weighted by Gasteiger charge is -2.17. The van der Waals surface area contributed by atoms with Crippen LogP contribution in [0.4, 0.5) is 11.4 Å². The first-order valence-electron chi connectivity index (χ1n) is 8.03. The summed E-state index contributed by atoms with van der Waals surface area (Å²) in [4.78, 5) is 29.4. The van der Waals surface area contributed by atoms with Crippen molar-refractivity contribution in [3.05, 3.63) is 64.0 Å². The molecule has 1 aromatic heterocycles. The zero-order valence-corrected chi connectivity index (χ0v) is 14.8. The van der Waals surface area contributed by atoms with Gasteiger partial charge in [0, 0.05) is 39.0 Å². The van der Waals surface area contributed by atoms with E-state index in [0.29, 0.717) is 11.5 Å². The second kappa shape index (κ2) is 6.83. The first kappa shape index (κ1) is 17.4. The molecule has 2 aromatic carbocycles. The van der Waals surface area contributed by atoms with Crippen LogP contribution >= 0.6 is 0 Å². The summed E-state index contributed by atoms with van der Waals surface area (Å²) in [6.45, 7) is 0.222. The lowest BCUT2D eigenvalue weighted by molar-refractivity contribution is -0.384. The number of para-hydroxylation sites is 2. The van der Waals surface area contributed by atoms with Crippen LogP contribution in [0.5, 0.6) is 0 Å². The molecule has 0 radical (unpaired) electrons. The number of aromatic nitrogens is 2. The van der Waals surface area contributed by atoms with Crippen molar-refractivity contribution in [2.45, 2.75) is 6.54 Å². The minimum Gasteiger partial charge on any atom is -0.377 e. The number of hydrogen-bond donors (Lipinski definition) is 1. The number of carbonyl (C=O) groups is 1. The van der Waals surface area contributed by atoms with Gasteiger partial charge in [-0.2, -0.15) is 0 Å². The molecule has 134 valence electrons. The number of nitro groups is 1. The van der Waals surface area contributed by atoms with Crippen LogP contribution in [0.25, 0.3) is 11.0 Å². The van der Waals surface area contributed by atoms with Gasteiger partial charge in [-0.15, -0.1) is 0 Å². The number of imidazole rings is 1. The molecule has 0 aliphatic rings. The van der Waals surface area contributed by atoms with Gasteiger partial charge in [0.05, 0.1) is 28.1 Å². The van der Waals surface area contributed by atoms with Gasteiger partial charge in [0.2, 0.25) is 0 Å². The second-order valence-corrected chi connectivity index (χ2v) is 6.11. The molecule has 0 fully saturated rings. The Hall–Kier alpha value is -3.42. The van der Waals surface area contributed by atoms with Crippen molar-refractivity contribution in [1.82, 2.24) is 14.9 Å². The highest BCUT2D eigenvalue weighted by Gasteiger charge is 2.18. The fraction of sp³-hybridized carbons (Fsp3) is 0.222. The number of non-ortho nitro benzene ring substituents is 1. The number of rotatable bonds is 5. The predicted molar refractivity (Wildman–Crippen MR) is 99.3 cm³/mol. The van der Waals surface area contributed by atoms with Crippen LogP contribution in [0, 0.1) is 10.1 Å². The average Bonchev–Trinajstić information content (AvgIpc) is 2.95. The van der Waals surface area contributed by atoms with Crippen LogP contribution < -0.4 is 10.2 Å². The molecule has 1 heterocycles. The van der Waals surface area contributed by atoms with Gasteiger partial charge in [-0.1, -0.05) is 12.1 Å². The number of amides is 1. The molecule has 0 unspecified atom stereocenters. The summed E-state index contributed by atoms with van der Waals surface area (Å²) in [6, 6.07) is 12.0. The Labute approximate surface area is 150 Å². The number of carbonyl (C=O) groups excluding carboxylic acids is 1. The Kier molecular flexibility index (Phi) is 4.57. The minimum absolute atomic E-state index is 0.122. The highest BCUT2D eigenvalue weighted by molar-refractivity contribution is 6.00. The van der Waals surface area contributed by atoms with Gasteiger partial charge in [-0.25, -0.2) is 4.98 Å². The number of anilines is 1. The molecular weight excluding hydrogens is 334 g/mol. The smallest absolute Gasteiger partial charge is 0.270 e. The summed E-state index contributed by atoms with van der Waals surface area (Å²) in [6.07, 6.45) is 0. The van der Waals surface area contributed by atoms with E-state index in [1.54, 1.807) is 25.1 Å². The highest BCUT2D eigenvalue weighted by Crippen LogP contribution is 2.24. The molecular formula is C18H19N5O3. The molecule has 26 heavy (non-hydrogen) atoms. The van der Waals surface area contributed by atoms with Gasteiger partial charge < -0.3 is 14.8 Å². The van der Waals surface area contributed by atoms with E-state index >= 15 is 0 Å². The van der Waals surface area contributed by atoms with Gasteiger partial charge in [0.15, 0.2) is 0 Å². The van der Waals surface area contributed by atoms with E-state index in [0.717, 1.165) is 11.0 Å². The number of nitrogens with one attached hydrogen (secondary N) is 1. The maximum atomic E-state index is 12.6. The predicted octanol–water partition coefficient (Wildman–Crippen LogP) is 2.48. The molecule has 0 atom stereocenters. The van der Waals surface area contributed by atoms with E-state index in [1.165, 1.54) is 12.1 Å². The molecule has 8 heteroatoms.